The Hall–Kier alpha value is -1.49. The zero-order valence-corrected chi connectivity index (χ0v) is 14.4. The Morgan fingerprint density at radius 3 is 2.78 bits per heavy atom. The number of carbonyl (C=O) groups excluding carboxylic acids is 3. The van der Waals surface area contributed by atoms with Gasteiger partial charge in [-0.05, 0) is 12.5 Å². The van der Waals surface area contributed by atoms with Crippen LogP contribution in [0.25, 0.3) is 0 Å². The number of nitrogens with one attached hydrogen (secondary N) is 3. The number of sulfonamides is 1. The highest BCUT2D eigenvalue weighted by Gasteiger charge is 2.29. The quantitative estimate of drug-likeness (QED) is 0.650. The molecule has 1 fully saturated rings. The minimum Gasteiger partial charge on any atom is -0.317 e. The molecule has 0 bridgehead atoms. The standard InChI is InChI=1S/C12H14ClN3O5S2/c1-6(17)15-12-8(4-9(13)22-12)23(20,21)14-5-7-2-3-10(18)16-11(7)19/h4,7,14H,2-3,5H2,1H3,(H,15,17)(H,16,18,19). The molecular weight excluding hydrogens is 366 g/mol. The van der Waals surface area contributed by atoms with Crippen molar-refractivity contribution in [3.8, 4) is 0 Å². The van der Waals surface area contributed by atoms with Crippen molar-refractivity contribution in [1.82, 2.24) is 10.0 Å². The third-order valence-electron chi connectivity index (χ3n) is 3.12. The van der Waals surface area contributed by atoms with Crippen molar-refractivity contribution in [1.29, 1.82) is 0 Å². The number of rotatable bonds is 5. The first-order chi connectivity index (χ1) is 10.7. The average molecular weight is 380 g/mol. The van der Waals surface area contributed by atoms with Gasteiger partial charge in [-0.1, -0.05) is 11.6 Å². The molecular formula is C12H14ClN3O5S2. The van der Waals surface area contributed by atoms with Crippen LogP contribution < -0.4 is 15.4 Å². The third kappa shape index (κ3) is 4.50. The SMILES string of the molecule is CC(=O)Nc1sc(Cl)cc1S(=O)(=O)NCC1CCC(=O)NC1=O. The zero-order chi connectivity index (χ0) is 17.2. The molecule has 2 heterocycles. The first-order valence-electron chi connectivity index (χ1n) is 6.59. The first kappa shape index (κ1) is 17.9. The van der Waals surface area contributed by atoms with Crippen LogP contribution in [0, 0.1) is 5.92 Å². The summed E-state index contributed by atoms with van der Waals surface area (Å²) in [6.07, 6.45) is 0.440. The lowest BCUT2D eigenvalue weighted by Gasteiger charge is -2.20. The summed E-state index contributed by atoms with van der Waals surface area (Å²) in [7, 11) is -3.96. The molecule has 1 atom stereocenters. The predicted molar refractivity (Wildman–Crippen MR) is 84.7 cm³/mol. The molecule has 126 valence electrons. The van der Waals surface area contributed by atoms with Gasteiger partial charge in [-0.25, -0.2) is 13.1 Å². The van der Waals surface area contributed by atoms with Crippen molar-refractivity contribution in [3.05, 3.63) is 10.4 Å². The van der Waals surface area contributed by atoms with Gasteiger partial charge in [0.1, 0.15) is 9.90 Å². The van der Waals surface area contributed by atoms with E-state index in [4.69, 9.17) is 11.6 Å². The Morgan fingerprint density at radius 1 is 1.48 bits per heavy atom. The molecule has 1 aromatic heterocycles. The van der Waals surface area contributed by atoms with Crippen LogP contribution in [-0.2, 0) is 24.4 Å². The van der Waals surface area contributed by atoms with Crippen LogP contribution in [0.2, 0.25) is 4.34 Å². The summed E-state index contributed by atoms with van der Waals surface area (Å²) in [5.41, 5.74) is 0. The second-order valence-electron chi connectivity index (χ2n) is 4.92. The summed E-state index contributed by atoms with van der Waals surface area (Å²) in [5, 5.41) is 4.67. The molecule has 1 unspecified atom stereocenters. The van der Waals surface area contributed by atoms with Gasteiger partial charge < -0.3 is 5.32 Å². The van der Waals surface area contributed by atoms with Gasteiger partial charge in [0.05, 0.1) is 10.3 Å². The van der Waals surface area contributed by atoms with E-state index in [1.807, 2.05) is 0 Å². The lowest BCUT2D eigenvalue weighted by Crippen LogP contribution is -2.45. The number of hydrogen-bond donors (Lipinski definition) is 3. The minimum absolute atomic E-state index is 0.110. The van der Waals surface area contributed by atoms with Gasteiger partial charge in [-0.3, -0.25) is 19.7 Å². The van der Waals surface area contributed by atoms with Crippen LogP contribution in [0.15, 0.2) is 11.0 Å². The highest BCUT2D eigenvalue weighted by molar-refractivity contribution is 7.89. The highest BCUT2D eigenvalue weighted by Crippen LogP contribution is 2.34. The number of carbonyl (C=O) groups is 3. The van der Waals surface area contributed by atoms with Crippen molar-refractivity contribution in [3.63, 3.8) is 0 Å². The summed E-state index contributed by atoms with van der Waals surface area (Å²) < 4.78 is 27.2. The number of amides is 3. The molecule has 23 heavy (non-hydrogen) atoms. The van der Waals surface area contributed by atoms with Crippen molar-refractivity contribution in [2.24, 2.45) is 5.92 Å². The molecule has 3 N–H and O–H groups in total. The fourth-order valence-corrected chi connectivity index (χ4v) is 4.82. The zero-order valence-electron chi connectivity index (χ0n) is 12.0. The molecule has 1 saturated heterocycles. The molecule has 0 aromatic carbocycles. The number of piperidine rings is 1. The van der Waals surface area contributed by atoms with Crippen LogP contribution in [0.3, 0.4) is 0 Å². The van der Waals surface area contributed by atoms with Crippen LogP contribution in [0.4, 0.5) is 5.00 Å². The number of hydrogen-bond acceptors (Lipinski definition) is 6. The van der Waals surface area contributed by atoms with Gasteiger partial charge in [-0.15, -0.1) is 11.3 Å². The van der Waals surface area contributed by atoms with E-state index in [1.165, 1.54) is 13.0 Å². The molecule has 0 aliphatic carbocycles. The number of anilines is 1. The maximum atomic E-state index is 12.3. The Kier molecular flexibility index (Phi) is 5.40. The van der Waals surface area contributed by atoms with E-state index >= 15 is 0 Å². The smallest absolute Gasteiger partial charge is 0.243 e. The van der Waals surface area contributed by atoms with E-state index < -0.39 is 27.8 Å². The molecule has 1 aromatic rings. The summed E-state index contributed by atoms with van der Waals surface area (Å²) in [5.74, 6) is -1.92. The third-order valence-corrected chi connectivity index (χ3v) is 5.88. The van der Waals surface area contributed by atoms with E-state index in [0.717, 1.165) is 11.3 Å². The minimum atomic E-state index is -3.96. The van der Waals surface area contributed by atoms with Crippen molar-refractivity contribution < 1.29 is 22.8 Å². The van der Waals surface area contributed by atoms with Gasteiger partial charge >= 0.3 is 0 Å². The maximum absolute atomic E-state index is 12.3. The molecule has 0 spiro atoms. The van der Waals surface area contributed by atoms with Gasteiger partial charge in [0.25, 0.3) is 0 Å². The highest BCUT2D eigenvalue weighted by atomic mass is 35.5. The molecule has 0 radical (unpaired) electrons. The second kappa shape index (κ2) is 6.95. The number of thiophene rings is 1. The Bertz CT molecular complexity index is 759. The molecule has 3 amide bonds. The van der Waals surface area contributed by atoms with E-state index in [9.17, 15) is 22.8 Å². The van der Waals surface area contributed by atoms with Crippen molar-refractivity contribution in [2.75, 3.05) is 11.9 Å². The number of imide groups is 1. The van der Waals surface area contributed by atoms with Gasteiger partial charge in [-0.2, -0.15) is 0 Å². The predicted octanol–water partition coefficient (Wildman–Crippen LogP) is 0.691. The van der Waals surface area contributed by atoms with Crippen molar-refractivity contribution in [2.45, 2.75) is 24.7 Å². The fraction of sp³-hybridized carbons (Fsp3) is 0.417. The fourth-order valence-electron chi connectivity index (χ4n) is 2.01. The Morgan fingerprint density at radius 2 is 2.17 bits per heavy atom. The lowest BCUT2D eigenvalue weighted by molar-refractivity contribution is -0.136. The lowest BCUT2D eigenvalue weighted by atomic mass is 9.99. The molecule has 1 aliphatic heterocycles. The summed E-state index contributed by atoms with van der Waals surface area (Å²) in [4.78, 5) is 33.7. The van der Waals surface area contributed by atoms with Crippen LogP contribution in [-0.4, -0.2) is 32.7 Å². The van der Waals surface area contributed by atoms with Gasteiger partial charge in [0.2, 0.25) is 27.7 Å². The Labute approximate surface area is 141 Å². The van der Waals surface area contributed by atoms with E-state index in [2.05, 4.69) is 15.4 Å². The first-order valence-corrected chi connectivity index (χ1v) is 9.27. The van der Waals surface area contributed by atoms with E-state index in [0.29, 0.717) is 0 Å². The Balaban J connectivity index is 2.12. The topological polar surface area (TPSA) is 121 Å². The van der Waals surface area contributed by atoms with E-state index in [-0.39, 0.29) is 39.5 Å². The molecule has 0 saturated carbocycles. The summed E-state index contributed by atoms with van der Waals surface area (Å²) in [6, 6.07) is 1.23. The van der Waals surface area contributed by atoms with Gasteiger partial charge in [0.15, 0.2) is 0 Å². The molecule has 8 nitrogen and oxygen atoms in total. The summed E-state index contributed by atoms with van der Waals surface area (Å²) >= 11 is 6.74. The molecule has 2 rings (SSSR count). The molecule has 1 aliphatic rings. The molecule has 11 heteroatoms. The van der Waals surface area contributed by atoms with Gasteiger partial charge in [0, 0.05) is 19.9 Å². The van der Waals surface area contributed by atoms with Crippen LogP contribution in [0.1, 0.15) is 19.8 Å². The number of halogens is 1. The van der Waals surface area contributed by atoms with Crippen LogP contribution in [0.5, 0.6) is 0 Å². The largest absolute Gasteiger partial charge is 0.317 e. The van der Waals surface area contributed by atoms with Crippen LogP contribution >= 0.6 is 22.9 Å². The van der Waals surface area contributed by atoms with Crippen molar-refractivity contribution >= 4 is 55.7 Å². The monoisotopic (exact) mass is 379 g/mol. The van der Waals surface area contributed by atoms with E-state index in [1.54, 1.807) is 0 Å². The average Bonchev–Trinajstić information content (AvgIpc) is 2.78. The second-order valence-corrected chi connectivity index (χ2v) is 8.34. The summed E-state index contributed by atoms with van der Waals surface area (Å²) in [6.45, 7) is 1.11. The maximum Gasteiger partial charge on any atom is 0.243 e. The normalized spacial score (nSPS) is 18.6.